The molecule has 0 heterocycles. The Kier molecular flexibility index (Phi) is 10.9. The van der Waals surface area contributed by atoms with Gasteiger partial charge in [0, 0.05) is 18.7 Å². The van der Waals surface area contributed by atoms with Gasteiger partial charge in [0.25, 0.3) is 11.8 Å². The molecule has 2 aromatic rings. The molecule has 1 saturated carbocycles. The molecule has 200 valence electrons. The van der Waals surface area contributed by atoms with Gasteiger partial charge in [-0.1, -0.05) is 23.2 Å². The van der Waals surface area contributed by atoms with Gasteiger partial charge in [-0.3, -0.25) is 14.4 Å². The van der Waals surface area contributed by atoms with Crippen LogP contribution in [0.3, 0.4) is 0 Å². The zero-order chi connectivity index (χ0) is 26.8. The van der Waals surface area contributed by atoms with Crippen LogP contribution in [-0.4, -0.2) is 50.2 Å². The third-order valence-corrected chi connectivity index (χ3v) is 6.58. The van der Waals surface area contributed by atoms with Crippen LogP contribution in [0.2, 0.25) is 10.0 Å². The lowest BCUT2D eigenvalue weighted by atomic mass is 9.87. The largest absolute Gasteiger partial charge is 0.492 e. The van der Waals surface area contributed by atoms with Crippen molar-refractivity contribution in [3.63, 3.8) is 0 Å². The molecule has 0 atom stereocenters. The van der Waals surface area contributed by atoms with Gasteiger partial charge in [-0.25, -0.2) is 0 Å². The Balaban J connectivity index is 1.43. The van der Waals surface area contributed by atoms with Crippen LogP contribution >= 0.6 is 23.2 Å². The van der Waals surface area contributed by atoms with Crippen molar-refractivity contribution in [2.75, 3.05) is 26.3 Å². The van der Waals surface area contributed by atoms with Gasteiger partial charge in [-0.15, -0.1) is 0 Å². The molecule has 10 heteroatoms. The molecular formula is C27H32Cl2N2O6. The fourth-order valence-electron chi connectivity index (χ4n) is 4.09. The summed E-state index contributed by atoms with van der Waals surface area (Å²) in [6, 6.07) is 9.74. The summed E-state index contributed by atoms with van der Waals surface area (Å²) in [5.74, 6) is 0.211. The maximum Gasteiger partial charge on any atom is 0.308 e. The summed E-state index contributed by atoms with van der Waals surface area (Å²) in [5.41, 5.74) is 0.706. The highest BCUT2D eigenvalue weighted by Gasteiger charge is 2.28. The zero-order valence-electron chi connectivity index (χ0n) is 21.0. The van der Waals surface area contributed by atoms with E-state index in [0.29, 0.717) is 40.9 Å². The van der Waals surface area contributed by atoms with E-state index in [4.69, 9.17) is 37.4 Å². The van der Waals surface area contributed by atoms with E-state index in [1.165, 1.54) is 6.07 Å². The number of nitrogens with one attached hydrogen (secondary N) is 2. The second kappa shape index (κ2) is 14.1. The number of amides is 2. The van der Waals surface area contributed by atoms with Crippen molar-refractivity contribution < 1.29 is 28.6 Å². The fraction of sp³-hybridized carbons (Fsp3) is 0.444. The lowest BCUT2D eigenvalue weighted by Gasteiger charge is -2.27. The number of halogens is 2. The molecular weight excluding hydrogens is 519 g/mol. The van der Waals surface area contributed by atoms with Crippen LogP contribution in [0.4, 0.5) is 0 Å². The molecule has 1 aliphatic rings. The minimum Gasteiger partial charge on any atom is -0.492 e. The highest BCUT2D eigenvalue weighted by atomic mass is 35.5. The van der Waals surface area contributed by atoms with Crippen LogP contribution < -0.4 is 20.1 Å². The molecule has 1 aliphatic carbocycles. The van der Waals surface area contributed by atoms with E-state index >= 15 is 0 Å². The lowest BCUT2D eigenvalue weighted by Crippen LogP contribution is -2.34. The molecule has 0 unspecified atom stereocenters. The van der Waals surface area contributed by atoms with Crippen molar-refractivity contribution in [2.24, 2.45) is 5.92 Å². The van der Waals surface area contributed by atoms with Crippen LogP contribution in [0.15, 0.2) is 36.4 Å². The van der Waals surface area contributed by atoms with Gasteiger partial charge in [0.15, 0.2) is 0 Å². The van der Waals surface area contributed by atoms with Gasteiger partial charge in [0.05, 0.1) is 40.8 Å². The van der Waals surface area contributed by atoms with Crippen LogP contribution in [0, 0.1) is 5.92 Å². The van der Waals surface area contributed by atoms with Gasteiger partial charge in [0.1, 0.15) is 11.5 Å². The van der Waals surface area contributed by atoms with Crippen LogP contribution in [0.1, 0.15) is 60.2 Å². The average Bonchev–Trinajstić information content (AvgIpc) is 2.88. The smallest absolute Gasteiger partial charge is 0.308 e. The Morgan fingerprint density at radius 3 is 2.19 bits per heavy atom. The summed E-state index contributed by atoms with van der Waals surface area (Å²) in [4.78, 5) is 36.8. The summed E-state index contributed by atoms with van der Waals surface area (Å²) < 4.78 is 16.5. The van der Waals surface area contributed by atoms with Gasteiger partial charge in [-0.05, 0) is 75.9 Å². The maximum atomic E-state index is 12.6. The first-order valence-electron chi connectivity index (χ1n) is 12.4. The van der Waals surface area contributed by atoms with E-state index in [1.807, 2.05) is 6.92 Å². The minimum absolute atomic E-state index is 0.0183. The highest BCUT2D eigenvalue weighted by Crippen LogP contribution is 2.30. The van der Waals surface area contributed by atoms with Crippen LogP contribution in [0.25, 0.3) is 0 Å². The standard InChI is InChI=1S/C27H32Cl2N2O6/c1-3-35-24-12-7-18(15-23(24)29)25(32)30-13-14-31-26(33)21-11-10-20(16-22(21)28)37-19-8-5-17(6-9-19)27(34)36-4-2/h7,10-12,15-17,19H,3-6,8-9,13-14H2,1-2H3,(H,30,32)(H,31,33)/t17-,19+. The summed E-state index contributed by atoms with van der Waals surface area (Å²) >= 11 is 12.5. The van der Waals surface area contributed by atoms with Crippen molar-refractivity contribution in [1.82, 2.24) is 10.6 Å². The molecule has 0 aliphatic heterocycles. The summed E-state index contributed by atoms with van der Waals surface area (Å²) in [6.07, 6.45) is 2.92. The molecule has 0 spiro atoms. The van der Waals surface area contributed by atoms with Crippen LogP contribution in [0.5, 0.6) is 11.5 Å². The summed E-state index contributed by atoms with van der Waals surface area (Å²) in [5, 5.41) is 6.10. The minimum atomic E-state index is -0.357. The third-order valence-electron chi connectivity index (χ3n) is 5.97. The number of carbonyl (C=O) groups excluding carboxylic acids is 3. The van der Waals surface area contributed by atoms with Gasteiger partial charge in [-0.2, -0.15) is 0 Å². The predicted octanol–water partition coefficient (Wildman–Crippen LogP) is 5.05. The first-order valence-corrected chi connectivity index (χ1v) is 13.2. The lowest BCUT2D eigenvalue weighted by molar-refractivity contribution is -0.149. The zero-order valence-corrected chi connectivity index (χ0v) is 22.5. The Hall–Kier alpha value is -2.97. The van der Waals surface area contributed by atoms with E-state index in [9.17, 15) is 14.4 Å². The fourth-order valence-corrected chi connectivity index (χ4v) is 4.58. The number of carbonyl (C=O) groups is 3. The number of hydrogen-bond acceptors (Lipinski definition) is 6. The summed E-state index contributed by atoms with van der Waals surface area (Å²) in [7, 11) is 0. The molecule has 1 fully saturated rings. The van der Waals surface area contributed by atoms with Gasteiger partial charge < -0.3 is 24.8 Å². The molecule has 0 aromatic heterocycles. The molecule has 8 nitrogen and oxygen atoms in total. The van der Waals surface area contributed by atoms with E-state index in [0.717, 1.165) is 25.7 Å². The summed E-state index contributed by atoms with van der Waals surface area (Å²) in [6.45, 7) is 4.96. The Bertz CT molecular complexity index is 1100. The van der Waals surface area contributed by atoms with Crippen molar-refractivity contribution in [1.29, 1.82) is 0 Å². The third kappa shape index (κ3) is 8.27. The van der Waals surface area contributed by atoms with Crippen molar-refractivity contribution in [3.8, 4) is 11.5 Å². The van der Waals surface area contributed by atoms with E-state index in [2.05, 4.69) is 10.6 Å². The Labute approximate surface area is 226 Å². The first-order chi connectivity index (χ1) is 17.8. The molecule has 37 heavy (non-hydrogen) atoms. The highest BCUT2D eigenvalue weighted by molar-refractivity contribution is 6.34. The predicted molar refractivity (Wildman–Crippen MR) is 142 cm³/mol. The maximum absolute atomic E-state index is 12.6. The van der Waals surface area contributed by atoms with E-state index in [-0.39, 0.29) is 47.9 Å². The normalized spacial score (nSPS) is 17.0. The number of ether oxygens (including phenoxy) is 3. The number of hydrogen-bond donors (Lipinski definition) is 2. The number of esters is 1. The second-order valence-electron chi connectivity index (χ2n) is 8.58. The van der Waals surface area contributed by atoms with E-state index < -0.39 is 0 Å². The number of rotatable bonds is 11. The second-order valence-corrected chi connectivity index (χ2v) is 9.39. The average molecular weight is 551 g/mol. The molecule has 0 radical (unpaired) electrons. The topological polar surface area (TPSA) is 103 Å². The Morgan fingerprint density at radius 1 is 0.865 bits per heavy atom. The first kappa shape index (κ1) is 28.6. The van der Waals surface area contributed by atoms with E-state index in [1.54, 1.807) is 37.3 Å². The van der Waals surface area contributed by atoms with Crippen molar-refractivity contribution in [2.45, 2.75) is 45.6 Å². The SMILES string of the molecule is CCOc1ccc(C(=O)NCCNC(=O)c2ccc(O[C@H]3CC[C@@H](C(=O)OCC)CC3)cc2Cl)cc1Cl. The molecule has 0 bridgehead atoms. The van der Waals surface area contributed by atoms with Crippen molar-refractivity contribution in [3.05, 3.63) is 57.6 Å². The van der Waals surface area contributed by atoms with Crippen molar-refractivity contribution >= 4 is 41.0 Å². The molecule has 3 rings (SSSR count). The van der Waals surface area contributed by atoms with Gasteiger partial charge in [0.2, 0.25) is 0 Å². The molecule has 2 amide bonds. The molecule has 0 saturated heterocycles. The molecule has 2 N–H and O–H groups in total. The molecule has 2 aromatic carbocycles. The Morgan fingerprint density at radius 2 is 1.57 bits per heavy atom. The quantitative estimate of drug-likeness (QED) is 0.299. The van der Waals surface area contributed by atoms with Gasteiger partial charge >= 0.3 is 5.97 Å². The van der Waals surface area contributed by atoms with Crippen LogP contribution in [-0.2, 0) is 9.53 Å². The number of benzene rings is 2. The monoisotopic (exact) mass is 550 g/mol.